The Morgan fingerprint density at radius 3 is 2.94 bits per heavy atom. The summed E-state index contributed by atoms with van der Waals surface area (Å²) in [4.78, 5) is 5.27. The van der Waals surface area contributed by atoms with Crippen LogP contribution in [0, 0.1) is 0 Å². The van der Waals surface area contributed by atoms with Gasteiger partial charge in [-0.25, -0.2) is 4.98 Å². The molecule has 0 radical (unpaired) electrons. The normalized spacial score (nSPS) is 12.7. The first-order valence-corrected chi connectivity index (χ1v) is 7.20. The fourth-order valence-electron chi connectivity index (χ4n) is 1.30. The summed E-state index contributed by atoms with van der Waals surface area (Å²) in [5, 5.41) is 11.6. The zero-order valence-electron chi connectivity index (χ0n) is 8.55. The summed E-state index contributed by atoms with van der Waals surface area (Å²) in [7, 11) is 0. The summed E-state index contributed by atoms with van der Waals surface area (Å²) in [6.07, 6.45) is 1.32. The van der Waals surface area contributed by atoms with Crippen LogP contribution in [0.1, 0.15) is 18.6 Å². The van der Waals surface area contributed by atoms with Crippen LogP contribution in [0.25, 0.3) is 0 Å². The highest BCUT2D eigenvalue weighted by atomic mass is 79.9. The Morgan fingerprint density at radius 2 is 2.31 bits per heavy atom. The second-order valence-electron chi connectivity index (χ2n) is 3.26. The molecule has 0 aliphatic heterocycles. The smallest absolute Gasteiger partial charge is 0.154 e. The number of rotatable bonds is 3. The van der Waals surface area contributed by atoms with E-state index in [1.807, 2.05) is 23.6 Å². The minimum Gasteiger partial charge on any atom is -0.389 e. The van der Waals surface area contributed by atoms with E-state index in [1.165, 1.54) is 0 Å². The summed E-state index contributed by atoms with van der Waals surface area (Å²) in [6, 6.07) is 5.88. The van der Waals surface area contributed by atoms with Gasteiger partial charge in [0.15, 0.2) is 4.34 Å². The molecular weight excluding hydrogens is 306 g/mol. The molecule has 5 heteroatoms. The summed E-state index contributed by atoms with van der Waals surface area (Å²) < 4.78 is 2.00. The molecular formula is C11H10BrNOS2. The lowest BCUT2D eigenvalue weighted by atomic mass is 10.1. The highest BCUT2D eigenvalue weighted by molar-refractivity contribution is 9.10. The van der Waals surface area contributed by atoms with Crippen molar-refractivity contribution in [3.05, 3.63) is 39.8 Å². The molecule has 0 saturated carbocycles. The van der Waals surface area contributed by atoms with Crippen LogP contribution in [0.4, 0.5) is 0 Å². The summed E-state index contributed by atoms with van der Waals surface area (Å²) >= 11 is 6.62. The van der Waals surface area contributed by atoms with Gasteiger partial charge in [-0.2, -0.15) is 0 Å². The molecule has 1 N–H and O–H groups in total. The fourth-order valence-corrected chi connectivity index (χ4v) is 3.64. The largest absolute Gasteiger partial charge is 0.389 e. The first kappa shape index (κ1) is 12.1. The van der Waals surface area contributed by atoms with E-state index in [-0.39, 0.29) is 0 Å². The first-order valence-electron chi connectivity index (χ1n) is 4.71. The zero-order valence-corrected chi connectivity index (χ0v) is 11.8. The van der Waals surface area contributed by atoms with E-state index in [9.17, 15) is 5.11 Å². The van der Waals surface area contributed by atoms with Gasteiger partial charge in [0.1, 0.15) is 0 Å². The lowest BCUT2D eigenvalue weighted by molar-refractivity contribution is 0.196. The van der Waals surface area contributed by atoms with Crippen molar-refractivity contribution in [1.82, 2.24) is 4.98 Å². The maximum atomic E-state index is 9.68. The lowest BCUT2D eigenvalue weighted by Gasteiger charge is -2.10. The van der Waals surface area contributed by atoms with E-state index in [0.717, 1.165) is 19.3 Å². The number of aromatic nitrogens is 1. The van der Waals surface area contributed by atoms with E-state index >= 15 is 0 Å². The van der Waals surface area contributed by atoms with Crippen molar-refractivity contribution in [3.8, 4) is 0 Å². The Balaban J connectivity index is 2.34. The number of halogens is 1. The molecule has 1 atom stereocenters. The monoisotopic (exact) mass is 315 g/mol. The molecule has 1 aromatic carbocycles. The van der Waals surface area contributed by atoms with Gasteiger partial charge in [-0.15, -0.1) is 11.3 Å². The minimum absolute atomic E-state index is 0.462. The zero-order chi connectivity index (χ0) is 11.5. The van der Waals surface area contributed by atoms with Gasteiger partial charge >= 0.3 is 0 Å². The molecule has 0 aliphatic carbocycles. The van der Waals surface area contributed by atoms with Crippen LogP contribution < -0.4 is 0 Å². The van der Waals surface area contributed by atoms with E-state index in [1.54, 1.807) is 36.2 Å². The molecule has 0 aliphatic rings. The molecule has 1 unspecified atom stereocenters. The SMILES string of the molecule is CC(O)c1ccc(Br)cc1Sc1nccs1. The summed E-state index contributed by atoms with van der Waals surface area (Å²) in [5.74, 6) is 0. The molecule has 0 spiro atoms. The number of aliphatic hydroxyl groups is 1. The average Bonchev–Trinajstić information content (AvgIpc) is 2.70. The van der Waals surface area contributed by atoms with Gasteiger partial charge in [0, 0.05) is 20.9 Å². The Morgan fingerprint density at radius 1 is 1.50 bits per heavy atom. The van der Waals surface area contributed by atoms with Crippen LogP contribution in [0.2, 0.25) is 0 Å². The molecule has 2 aromatic rings. The number of hydrogen-bond donors (Lipinski definition) is 1. The highest BCUT2D eigenvalue weighted by Crippen LogP contribution is 2.35. The molecule has 84 valence electrons. The number of aliphatic hydroxyl groups excluding tert-OH is 1. The Bertz CT molecular complexity index is 471. The third-order valence-electron chi connectivity index (χ3n) is 2.03. The van der Waals surface area contributed by atoms with E-state index < -0.39 is 6.10 Å². The Kier molecular flexibility index (Phi) is 4.02. The minimum atomic E-state index is -0.462. The fraction of sp³-hybridized carbons (Fsp3) is 0.182. The number of thiazole rings is 1. The van der Waals surface area contributed by atoms with Crippen LogP contribution in [0.15, 0.2) is 43.5 Å². The quantitative estimate of drug-likeness (QED) is 0.925. The van der Waals surface area contributed by atoms with Gasteiger partial charge in [0.2, 0.25) is 0 Å². The molecule has 2 nitrogen and oxygen atoms in total. The highest BCUT2D eigenvalue weighted by Gasteiger charge is 2.10. The molecule has 0 fully saturated rings. The topological polar surface area (TPSA) is 33.1 Å². The molecule has 1 aromatic heterocycles. The van der Waals surface area contributed by atoms with Crippen LogP contribution in [0.3, 0.4) is 0 Å². The summed E-state index contributed by atoms with van der Waals surface area (Å²) in [6.45, 7) is 1.77. The number of benzene rings is 1. The van der Waals surface area contributed by atoms with Gasteiger partial charge in [-0.3, -0.25) is 0 Å². The van der Waals surface area contributed by atoms with Gasteiger partial charge in [-0.1, -0.05) is 33.8 Å². The Hall–Kier alpha value is -0.360. The van der Waals surface area contributed by atoms with Crippen molar-refractivity contribution in [2.75, 3.05) is 0 Å². The van der Waals surface area contributed by atoms with Crippen molar-refractivity contribution < 1.29 is 5.11 Å². The van der Waals surface area contributed by atoms with Crippen LogP contribution in [0.5, 0.6) is 0 Å². The number of hydrogen-bond acceptors (Lipinski definition) is 4. The number of nitrogens with zero attached hydrogens (tertiary/aromatic N) is 1. The van der Waals surface area contributed by atoms with Crippen molar-refractivity contribution in [2.24, 2.45) is 0 Å². The second-order valence-corrected chi connectivity index (χ2v) is 6.36. The van der Waals surface area contributed by atoms with Crippen LogP contribution in [-0.2, 0) is 0 Å². The van der Waals surface area contributed by atoms with E-state index in [2.05, 4.69) is 20.9 Å². The van der Waals surface area contributed by atoms with Gasteiger partial charge in [0.25, 0.3) is 0 Å². The van der Waals surface area contributed by atoms with Crippen molar-refractivity contribution in [2.45, 2.75) is 22.3 Å². The van der Waals surface area contributed by atoms with Crippen molar-refractivity contribution >= 4 is 39.0 Å². The van der Waals surface area contributed by atoms with Crippen LogP contribution >= 0.6 is 39.0 Å². The van der Waals surface area contributed by atoms with Gasteiger partial charge in [0.05, 0.1) is 6.10 Å². The van der Waals surface area contributed by atoms with Crippen LogP contribution in [-0.4, -0.2) is 10.1 Å². The maximum absolute atomic E-state index is 9.68. The standard InChI is InChI=1S/C11H10BrNOS2/c1-7(14)9-3-2-8(12)6-10(9)16-11-13-4-5-15-11/h2-7,14H,1H3. The lowest BCUT2D eigenvalue weighted by Crippen LogP contribution is -1.93. The van der Waals surface area contributed by atoms with E-state index in [0.29, 0.717) is 0 Å². The average molecular weight is 316 g/mol. The molecule has 0 amide bonds. The van der Waals surface area contributed by atoms with Crippen molar-refractivity contribution in [1.29, 1.82) is 0 Å². The molecule has 1 heterocycles. The maximum Gasteiger partial charge on any atom is 0.154 e. The van der Waals surface area contributed by atoms with Gasteiger partial charge in [-0.05, 0) is 24.6 Å². The first-order chi connectivity index (χ1) is 7.66. The third-order valence-corrected chi connectivity index (χ3v) is 4.48. The Labute approximate surface area is 111 Å². The van der Waals surface area contributed by atoms with Crippen molar-refractivity contribution in [3.63, 3.8) is 0 Å². The predicted octanol–water partition coefficient (Wildman–Crippen LogP) is 4.11. The van der Waals surface area contributed by atoms with E-state index in [4.69, 9.17) is 0 Å². The summed E-state index contributed by atoms with van der Waals surface area (Å²) in [5.41, 5.74) is 0.934. The molecule has 2 rings (SSSR count). The van der Waals surface area contributed by atoms with Gasteiger partial charge < -0.3 is 5.11 Å². The predicted molar refractivity (Wildman–Crippen MR) is 71.0 cm³/mol. The molecule has 16 heavy (non-hydrogen) atoms. The molecule has 0 saturated heterocycles. The molecule has 0 bridgehead atoms. The second kappa shape index (κ2) is 5.31. The third kappa shape index (κ3) is 2.85.